The van der Waals surface area contributed by atoms with Crippen LogP contribution in [0.15, 0.2) is 83.7 Å². The molecule has 7 nitrogen and oxygen atoms in total. The second-order valence-corrected chi connectivity index (χ2v) is 9.88. The summed E-state index contributed by atoms with van der Waals surface area (Å²) in [6.45, 7) is 5.86. The molecule has 0 spiro atoms. The number of carbonyl (C=O) groups is 1. The molecular formula is C31H31N3O4. The molecule has 2 heterocycles. The van der Waals surface area contributed by atoms with Crippen LogP contribution in [0.1, 0.15) is 30.5 Å². The van der Waals surface area contributed by atoms with Crippen molar-refractivity contribution in [1.82, 2.24) is 9.78 Å². The number of nitrogens with zero attached hydrogens (tertiary/aromatic N) is 2. The summed E-state index contributed by atoms with van der Waals surface area (Å²) in [4.78, 5) is 11.3. The van der Waals surface area contributed by atoms with E-state index in [1.54, 1.807) is 18.4 Å². The van der Waals surface area contributed by atoms with Crippen molar-refractivity contribution in [3.8, 4) is 28.0 Å². The number of para-hydroxylation sites is 1. The minimum atomic E-state index is -0.901. The minimum absolute atomic E-state index is 0.103. The summed E-state index contributed by atoms with van der Waals surface area (Å²) in [5, 5.41) is 14.8. The fourth-order valence-electron chi connectivity index (χ4n) is 4.64. The van der Waals surface area contributed by atoms with Gasteiger partial charge in [-0.05, 0) is 46.9 Å². The first kappa shape index (κ1) is 25.3. The molecule has 194 valence electrons. The molecule has 0 radical (unpaired) electrons. The molecule has 0 amide bonds. The first-order valence-electron chi connectivity index (χ1n) is 12.7. The van der Waals surface area contributed by atoms with Crippen LogP contribution in [0, 0.1) is 5.92 Å². The molecule has 0 atom stereocenters. The first-order chi connectivity index (χ1) is 18.4. The van der Waals surface area contributed by atoms with Crippen LogP contribution in [0.5, 0.6) is 5.75 Å². The highest BCUT2D eigenvalue weighted by molar-refractivity contribution is 5.98. The van der Waals surface area contributed by atoms with Gasteiger partial charge in [0.25, 0.3) is 0 Å². The van der Waals surface area contributed by atoms with Gasteiger partial charge in [-0.3, -0.25) is 9.48 Å². The molecule has 0 bridgehead atoms. The lowest BCUT2D eigenvalue weighted by atomic mass is 9.96. The number of hydrogen-bond donors (Lipinski definition) is 2. The summed E-state index contributed by atoms with van der Waals surface area (Å²) in [5.41, 5.74) is 13.2. The third-order valence-electron chi connectivity index (χ3n) is 6.44. The molecule has 3 N–H and O–H groups in total. The molecule has 38 heavy (non-hydrogen) atoms. The van der Waals surface area contributed by atoms with Crippen molar-refractivity contribution in [2.45, 2.75) is 40.0 Å². The van der Waals surface area contributed by atoms with Crippen molar-refractivity contribution in [3.63, 3.8) is 0 Å². The lowest BCUT2D eigenvalue weighted by Crippen LogP contribution is -2.04. The predicted octanol–water partition coefficient (Wildman–Crippen LogP) is 6.28. The van der Waals surface area contributed by atoms with E-state index in [1.807, 2.05) is 35.1 Å². The Morgan fingerprint density at radius 1 is 1.05 bits per heavy atom. The van der Waals surface area contributed by atoms with E-state index in [4.69, 9.17) is 14.9 Å². The highest BCUT2D eigenvalue weighted by Crippen LogP contribution is 2.37. The largest absolute Gasteiger partial charge is 0.488 e. The molecule has 0 aliphatic heterocycles. The average Bonchev–Trinajstić information content (AvgIpc) is 3.54. The van der Waals surface area contributed by atoms with Gasteiger partial charge < -0.3 is 20.0 Å². The van der Waals surface area contributed by atoms with Gasteiger partial charge in [0, 0.05) is 46.9 Å². The molecule has 0 unspecified atom stereocenters. The number of hydrogen-bond acceptors (Lipinski definition) is 5. The molecule has 0 aliphatic carbocycles. The van der Waals surface area contributed by atoms with Gasteiger partial charge in [-0.2, -0.15) is 5.10 Å². The number of fused-ring (bicyclic) bond motifs is 1. The quantitative estimate of drug-likeness (QED) is 0.229. The maximum atomic E-state index is 11.3. The monoisotopic (exact) mass is 509 g/mol. The van der Waals surface area contributed by atoms with Crippen molar-refractivity contribution in [2.75, 3.05) is 0 Å². The zero-order valence-electron chi connectivity index (χ0n) is 21.6. The number of aromatic nitrogens is 2. The number of nitrogens with two attached hydrogens (primary N) is 1. The van der Waals surface area contributed by atoms with E-state index in [2.05, 4.69) is 49.4 Å². The van der Waals surface area contributed by atoms with Gasteiger partial charge >= 0.3 is 5.97 Å². The van der Waals surface area contributed by atoms with E-state index in [9.17, 15) is 9.90 Å². The normalized spacial score (nSPS) is 11.4. The number of ether oxygens (including phenoxy) is 1. The maximum Gasteiger partial charge on any atom is 0.307 e. The number of aliphatic carboxylic acids is 1. The van der Waals surface area contributed by atoms with E-state index < -0.39 is 5.97 Å². The Balaban J connectivity index is 1.57. The van der Waals surface area contributed by atoms with Crippen molar-refractivity contribution >= 4 is 16.9 Å². The van der Waals surface area contributed by atoms with Crippen LogP contribution in [0.4, 0.5) is 0 Å². The lowest BCUT2D eigenvalue weighted by Gasteiger charge is -2.11. The van der Waals surface area contributed by atoms with Crippen molar-refractivity contribution in [3.05, 3.63) is 96.0 Å². The van der Waals surface area contributed by atoms with Gasteiger partial charge in [0.2, 0.25) is 0 Å². The molecule has 0 fully saturated rings. The third kappa shape index (κ3) is 5.48. The minimum Gasteiger partial charge on any atom is -0.488 e. The van der Waals surface area contributed by atoms with Gasteiger partial charge in [0.1, 0.15) is 17.9 Å². The molecule has 3 aromatic carbocycles. The van der Waals surface area contributed by atoms with E-state index in [1.165, 1.54) is 0 Å². The summed E-state index contributed by atoms with van der Waals surface area (Å²) < 4.78 is 14.2. The third-order valence-corrected chi connectivity index (χ3v) is 6.44. The van der Waals surface area contributed by atoms with Crippen molar-refractivity contribution < 1.29 is 19.1 Å². The first-order valence-corrected chi connectivity index (χ1v) is 12.7. The summed E-state index contributed by atoms with van der Waals surface area (Å²) in [5.74, 6) is 0.123. The van der Waals surface area contributed by atoms with Crippen LogP contribution in [-0.2, 0) is 30.9 Å². The molecule has 5 rings (SSSR count). The zero-order valence-corrected chi connectivity index (χ0v) is 21.6. The Morgan fingerprint density at radius 3 is 2.68 bits per heavy atom. The predicted molar refractivity (Wildman–Crippen MR) is 148 cm³/mol. The van der Waals surface area contributed by atoms with Gasteiger partial charge in [0.05, 0.1) is 18.9 Å². The van der Waals surface area contributed by atoms with E-state index in [-0.39, 0.29) is 13.0 Å². The van der Waals surface area contributed by atoms with Crippen LogP contribution in [0.3, 0.4) is 0 Å². The van der Waals surface area contributed by atoms with Gasteiger partial charge in [-0.15, -0.1) is 0 Å². The topological polar surface area (TPSA) is 104 Å². The fraction of sp³-hybridized carbons (Fsp3) is 0.226. The van der Waals surface area contributed by atoms with Crippen LogP contribution < -0.4 is 10.5 Å². The number of carboxylic acids is 1. The fourth-order valence-corrected chi connectivity index (χ4v) is 4.64. The van der Waals surface area contributed by atoms with E-state index in [0.29, 0.717) is 23.8 Å². The van der Waals surface area contributed by atoms with Crippen LogP contribution in [-0.4, -0.2) is 20.9 Å². The molecule has 0 aliphatic rings. The maximum absolute atomic E-state index is 11.3. The number of benzene rings is 3. The molecule has 5 aromatic rings. The van der Waals surface area contributed by atoms with Gasteiger partial charge in [-0.25, -0.2) is 0 Å². The smallest absolute Gasteiger partial charge is 0.307 e. The number of furan rings is 1. The summed E-state index contributed by atoms with van der Waals surface area (Å²) in [6, 6.07) is 19.7. The van der Waals surface area contributed by atoms with Gasteiger partial charge in [-0.1, -0.05) is 50.2 Å². The lowest BCUT2D eigenvalue weighted by molar-refractivity contribution is -0.136. The van der Waals surface area contributed by atoms with Crippen LogP contribution in [0.2, 0.25) is 0 Å². The zero-order chi connectivity index (χ0) is 26.6. The standard InChI is InChI=1S/C31H31N3O4/c1-20(2)16-34-17-25(15-33-34)27-11-24(22-8-5-6-21(10-22)14-32)12-28-26(19-38-31(27)28)18-37-29-9-4-3-7-23(29)13-30(35)36/h3-12,15,17,19-20H,13-14,16,18,32H2,1-2H3,(H,35,36). The highest BCUT2D eigenvalue weighted by Gasteiger charge is 2.17. The number of carboxylic acid groups (broad SMARTS) is 1. The van der Waals surface area contributed by atoms with Crippen molar-refractivity contribution in [2.24, 2.45) is 11.7 Å². The summed E-state index contributed by atoms with van der Waals surface area (Å²) >= 11 is 0. The second-order valence-electron chi connectivity index (χ2n) is 9.88. The number of rotatable bonds is 10. The Bertz CT molecular complexity index is 1580. The molecule has 0 saturated carbocycles. The Hall–Kier alpha value is -4.36. The Morgan fingerprint density at radius 2 is 1.89 bits per heavy atom. The Kier molecular flexibility index (Phi) is 7.29. The van der Waals surface area contributed by atoms with Gasteiger partial charge in [0.15, 0.2) is 0 Å². The molecule has 7 heteroatoms. The van der Waals surface area contributed by atoms with E-state index in [0.717, 1.165) is 50.9 Å². The highest BCUT2D eigenvalue weighted by atomic mass is 16.5. The molecule has 0 saturated heterocycles. The Labute approximate surface area is 221 Å². The molecule has 2 aromatic heterocycles. The average molecular weight is 510 g/mol. The van der Waals surface area contributed by atoms with Crippen LogP contribution >= 0.6 is 0 Å². The van der Waals surface area contributed by atoms with Crippen LogP contribution in [0.25, 0.3) is 33.2 Å². The summed E-state index contributed by atoms with van der Waals surface area (Å²) in [6.07, 6.45) is 5.54. The van der Waals surface area contributed by atoms with E-state index >= 15 is 0 Å². The second kappa shape index (κ2) is 10.9. The summed E-state index contributed by atoms with van der Waals surface area (Å²) in [7, 11) is 0. The SMILES string of the molecule is CC(C)Cn1cc(-c2cc(-c3cccc(CN)c3)cc3c(COc4ccccc4CC(=O)O)coc23)cn1. The van der Waals surface area contributed by atoms with Crippen molar-refractivity contribution in [1.29, 1.82) is 0 Å². The molecular weight excluding hydrogens is 478 g/mol.